The zero-order valence-corrected chi connectivity index (χ0v) is 11.1. The van der Waals surface area contributed by atoms with Gasteiger partial charge in [0, 0.05) is 0 Å². The molecule has 1 aliphatic rings. The lowest BCUT2D eigenvalue weighted by Gasteiger charge is -2.12. The highest BCUT2D eigenvalue weighted by Gasteiger charge is 2.24. The van der Waals surface area contributed by atoms with Crippen molar-refractivity contribution < 1.29 is 0 Å². The van der Waals surface area contributed by atoms with Crippen LogP contribution in [0.4, 0.5) is 0 Å². The molecule has 16 heavy (non-hydrogen) atoms. The molecule has 1 aromatic rings. The van der Waals surface area contributed by atoms with Crippen molar-refractivity contribution in [2.45, 2.75) is 53.4 Å². The Balaban J connectivity index is 2.32. The molecule has 0 atom stereocenters. The average molecular weight is 216 g/mol. The lowest BCUT2D eigenvalue weighted by molar-refractivity contribution is 0.404. The zero-order valence-electron chi connectivity index (χ0n) is 11.1. The first-order valence-electron chi connectivity index (χ1n) is 6.79. The highest BCUT2D eigenvalue weighted by atomic mass is 14.3. The molecule has 1 aliphatic carbocycles. The molecule has 0 bridgehead atoms. The first-order chi connectivity index (χ1) is 7.65. The third-order valence-corrected chi connectivity index (χ3v) is 4.19. The summed E-state index contributed by atoms with van der Waals surface area (Å²) in [6, 6.07) is 4.97. The monoisotopic (exact) mass is 216 g/mol. The summed E-state index contributed by atoms with van der Waals surface area (Å²) in [5, 5.41) is 0. The lowest BCUT2D eigenvalue weighted by atomic mass is 9.93. The van der Waals surface area contributed by atoms with Gasteiger partial charge in [0.25, 0.3) is 0 Å². The van der Waals surface area contributed by atoms with Gasteiger partial charge in [-0.2, -0.15) is 0 Å². The van der Waals surface area contributed by atoms with E-state index in [-0.39, 0.29) is 0 Å². The summed E-state index contributed by atoms with van der Waals surface area (Å²) in [6.07, 6.45) is 4.99. The van der Waals surface area contributed by atoms with Crippen LogP contribution in [0, 0.1) is 11.8 Å². The Hall–Kier alpha value is -0.780. The molecule has 0 saturated carbocycles. The Morgan fingerprint density at radius 3 is 1.75 bits per heavy atom. The molecule has 0 amide bonds. The topological polar surface area (TPSA) is 0 Å². The van der Waals surface area contributed by atoms with E-state index in [2.05, 4.69) is 39.8 Å². The first-order valence-corrected chi connectivity index (χ1v) is 6.79. The number of hydrogen-bond donors (Lipinski definition) is 0. The normalized spacial score (nSPS) is 15.8. The minimum absolute atomic E-state index is 0.822. The van der Waals surface area contributed by atoms with Gasteiger partial charge in [0.1, 0.15) is 0 Å². The molecule has 0 heterocycles. The number of benzene rings is 1. The molecular formula is C16H24. The molecule has 0 radical (unpaired) electrons. The van der Waals surface area contributed by atoms with E-state index in [0.717, 1.165) is 11.8 Å². The quantitative estimate of drug-likeness (QED) is 0.711. The number of hydrogen-bond acceptors (Lipinski definition) is 0. The molecule has 0 saturated heterocycles. The molecule has 0 fully saturated rings. The van der Waals surface area contributed by atoms with Gasteiger partial charge in [-0.15, -0.1) is 0 Å². The summed E-state index contributed by atoms with van der Waals surface area (Å²) >= 11 is 0. The summed E-state index contributed by atoms with van der Waals surface area (Å²) in [4.78, 5) is 0. The molecule has 0 heteroatoms. The summed E-state index contributed by atoms with van der Waals surface area (Å²) in [7, 11) is 0. The minimum atomic E-state index is 0.822. The van der Waals surface area contributed by atoms with E-state index in [9.17, 15) is 0 Å². The summed E-state index contributed by atoms with van der Waals surface area (Å²) in [6.45, 7) is 9.27. The maximum atomic E-state index is 2.48. The third-order valence-electron chi connectivity index (χ3n) is 4.19. The van der Waals surface area contributed by atoms with Gasteiger partial charge < -0.3 is 0 Å². The highest BCUT2D eigenvalue weighted by Crippen LogP contribution is 2.33. The van der Waals surface area contributed by atoms with Crippen LogP contribution in [0.1, 0.15) is 49.9 Å². The van der Waals surface area contributed by atoms with E-state index < -0.39 is 0 Å². The third kappa shape index (κ3) is 2.03. The fourth-order valence-electron chi connectivity index (χ4n) is 2.94. The van der Waals surface area contributed by atoms with E-state index in [1.165, 1.54) is 25.7 Å². The van der Waals surface area contributed by atoms with E-state index in [4.69, 9.17) is 0 Å². The Bertz CT molecular complexity index is 341. The van der Waals surface area contributed by atoms with Crippen LogP contribution in [0.2, 0.25) is 0 Å². The Morgan fingerprint density at radius 2 is 1.44 bits per heavy atom. The molecule has 0 spiro atoms. The van der Waals surface area contributed by atoms with Crippen molar-refractivity contribution >= 4 is 0 Å². The van der Waals surface area contributed by atoms with Gasteiger partial charge in [-0.3, -0.25) is 0 Å². The fourth-order valence-corrected chi connectivity index (χ4v) is 2.94. The predicted octanol–water partition coefficient (Wildman–Crippen LogP) is 4.18. The number of fused-ring (bicyclic) bond motifs is 1. The van der Waals surface area contributed by atoms with Crippen molar-refractivity contribution in [1.29, 1.82) is 0 Å². The van der Waals surface area contributed by atoms with Gasteiger partial charge in [-0.1, -0.05) is 39.8 Å². The van der Waals surface area contributed by atoms with E-state index in [1.54, 1.807) is 22.3 Å². The maximum Gasteiger partial charge on any atom is -0.0242 e. The van der Waals surface area contributed by atoms with Crippen LogP contribution < -0.4 is 0 Å². The van der Waals surface area contributed by atoms with Gasteiger partial charge in [0.2, 0.25) is 0 Å². The minimum Gasteiger partial charge on any atom is -0.0625 e. The van der Waals surface area contributed by atoms with Gasteiger partial charge >= 0.3 is 0 Å². The molecule has 0 unspecified atom stereocenters. The molecule has 88 valence electrons. The molecular weight excluding hydrogens is 192 g/mol. The van der Waals surface area contributed by atoms with Gasteiger partial charge in [0.15, 0.2) is 0 Å². The summed E-state index contributed by atoms with van der Waals surface area (Å²) in [5.74, 6) is 1.70. The smallest absolute Gasteiger partial charge is 0.0242 e. The Morgan fingerprint density at radius 1 is 1.00 bits per heavy atom. The SMILES string of the molecule is CCc1cc2c(cc1CC)CC(C(C)C)C2. The van der Waals surface area contributed by atoms with Crippen LogP contribution >= 0.6 is 0 Å². The Labute approximate surface area is 100 Å². The maximum absolute atomic E-state index is 2.48. The molecule has 0 aromatic heterocycles. The molecule has 0 N–H and O–H groups in total. The van der Waals surface area contributed by atoms with Crippen molar-refractivity contribution in [3.63, 3.8) is 0 Å². The van der Waals surface area contributed by atoms with Gasteiger partial charge in [-0.25, -0.2) is 0 Å². The molecule has 0 aliphatic heterocycles. The van der Waals surface area contributed by atoms with Gasteiger partial charge in [-0.05, 0) is 59.8 Å². The van der Waals surface area contributed by atoms with Crippen LogP contribution in [0.25, 0.3) is 0 Å². The molecule has 2 rings (SSSR count). The van der Waals surface area contributed by atoms with Crippen molar-refractivity contribution in [3.8, 4) is 0 Å². The summed E-state index contributed by atoms with van der Waals surface area (Å²) < 4.78 is 0. The van der Waals surface area contributed by atoms with Gasteiger partial charge in [0.05, 0.1) is 0 Å². The summed E-state index contributed by atoms with van der Waals surface area (Å²) in [5.41, 5.74) is 6.41. The Kier molecular flexibility index (Phi) is 3.37. The zero-order chi connectivity index (χ0) is 11.7. The van der Waals surface area contributed by atoms with E-state index in [0.29, 0.717) is 0 Å². The van der Waals surface area contributed by atoms with Crippen LogP contribution in [-0.2, 0) is 25.7 Å². The average Bonchev–Trinajstić information content (AvgIpc) is 2.69. The van der Waals surface area contributed by atoms with Crippen LogP contribution in [0.15, 0.2) is 12.1 Å². The largest absolute Gasteiger partial charge is 0.0625 e. The molecule has 1 aromatic carbocycles. The van der Waals surface area contributed by atoms with E-state index >= 15 is 0 Å². The van der Waals surface area contributed by atoms with Crippen LogP contribution in [0.5, 0.6) is 0 Å². The number of aryl methyl sites for hydroxylation is 2. The number of rotatable bonds is 3. The van der Waals surface area contributed by atoms with Crippen LogP contribution in [-0.4, -0.2) is 0 Å². The van der Waals surface area contributed by atoms with Crippen molar-refractivity contribution in [2.24, 2.45) is 11.8 Å². The van der Waals surface area contributed by atoms with Crippen molar-refractivity contribution in [3.05, 3.63) is 34.4 Å². The second kappa shape index (κ2) is 4.61. The second-order valence-corrected chi connectivity index (χ2v) is 5.51. The fraction of sp³-hybridized carbons (Fsp3) is 0.625. The highest BCUT2D eigenvalue weighted by molar-refractivity contribution is 5.41. The standard InChI is InChI=1S/C16H24/c1-5-12-7-15-9-14(11(3)4)10-16(15)8-13(12)6-2/h7-8,11,14H,5-6,9-10H2,1-4H3. The molecule has 0 nitrogen and oxygen atoms in total. The predicted molar refractivity (Wildman–Crippen MR) is 70.9 cm³/mol. The second-order valence-electron chi connectivity index (χ2n) is 5.51. The van der Waals surface area contributed by atoms with Crippen molar-refractivity contribution in [2.75, 3.05) is 0 Å². The van der Waals surface area contributed by atoms with Crippen LogP contribution in [0.3, 0.4) is 0 Å². The lowest BCUT2D eigenvalue weighted by Crippen LogP contribution is -2.07. The first kappa shape index (κ1) is 11.7. The van der Waals surface area contributed by atoms with Crippen molar-refractivity contribution in [1.82, 2.24) is 0 Å². The van der Waals surface area contributed by atoms with E-state index in [1.807, 2.05) is 0 Å².